The molecule has 2 rings (SSSR count). The van der Waals surface area contributed by atoms with Gasteiger partial charge in [-0.1, -0.05) is 18.5 Å². The van der Waals surface area contributed by atoms with E-state index in [2.05, 4.69) is 15.1 Å². The fraction of sp³-hybridized carbons (Fsp3) is 0.333. The summed E-state index contributed by atoms with van der Waals surface area (Å²) in [7, 11) is 0. The van der Waals surface area contributed by atoms with E-state index >= 15 is 0 Å². The first kappa shape index (κ1) is 10.8. The van der Waals surface area contributed by atoms with Crippen molar-refractivity contribution in [2.45, 2.75) is 13.5 Å². The van der Waals surface area contributed by atoms with Crippen LogP contribution in [0.1, 0.15) is 6.92 Å². The number of hydrogen-bond acceptors (Lipinski definition) is 4. The zero-order valence-corrected chi connectivity index (χ0v) is 9.22. The van der Waals surface area contributed by atoms with Crippen LogP contribution in [0.2, 0.25) is 5.15 Å². The molecule has 0 spiro atoms. The summed E-state index contributed by atoms with van der Waals surface area (Å²) in [4.78, 5) is 18.8. The Labute approximate surface area is 95.9 Å². The molecule has 0 fully saturated rings. The highest BCUT2D eigenvalue weighted by Gasteiger charge is 2.14. The van der Waals surface area contributed by atoms with Crippen LogP contribution in [-0.2, 0) is 11.3 Å². The fourth-order valence-corrected chi connectivity index (χ4v) is 1.43. The van der Waals surface area contributed by atoms with Crippen LogP contribution in [0.25, 0.3) is 11.2 Å². The second-order valence-electron chi connectivity index (χ2n) is 3.47. The Morgan fingerprint density at radius 3 is 3.06 bits per heavy atom. The Balaban J connectivity index is 2.37. The summed E-state index contributed by atoms with van der Waals surface area (Å²) < 4.78 is 1.49. The zero-order valence-electron chi connectivity index (χ0n) is 8.46. The van der Waals surface area contributed by atoms with Gasteiger partial charge in [0.15, 0.2) is 5.65 Å². The van der Waals surface area contributed by atoms with Gasteiger partial charge in [0.05, 0.1) is 24.9 Å². The summed E-state index contributed by atoms with van der Waals surface area (Å²) in [6.07, 6.45) is 2.96. The first-order valence-corrected chi connectivity index (χ1v) is 5.02. The van der Waals surface area contributed by atoms with E-state index in [9.17, 15) is 4.79 Å². The summed E-state index contributed by atoms with van der Waals surface area (Å²) in [5.41, 5.74) is 1.10. The third kappa shape index (κ3) is 1.96. The molecule has 2 heterocycles. The molecule has 0 aliphatic rings. The van der Waals surface area contributed by atoms with Crippen molar-refractivity contribution in [3.63, 3.8) is 0 Å². The number of halogens is 1. The Hall–Kier alpha value is -1.69. The van der Waals surface area contributed by atoms with Gasteiger partial charge < -0.3 is 5.11 Å². The van der Waals surface area contributed by atoms with E-state index in [4.69, 9.17) is 16.7 Å². The Bertz CT molecular complexity index is 539. The van der Waals surface area contributed by atoms with Crippen molar-refractivity contribution in [1.29, 1.82) is 0 Å². The van der Waals surface area contributed by atoms with Crippen LogP contribution in [0, 0.1) is 5.92 Å². The van der Waals surface area contributed by atoms with Crippen molar-refractivity contribution in [1.82, 2.24) is 19.7 Å². The Kier molecular flexibility index (Phi) is 2.74. The molecular formula is C9H9ClN4O2. The molecule has 6 nitrogen and oxygen atoms in total. The predicted octanol–water partition coefficient (Wildman–Crippen LogP) is 1.20. The minimum Gasteiger partial charge on any atom is -0.481 e. The minimum atomic E-state index is -0.876. The lowest BCUT2D eigenvalue weighted by Crippen LogP contribution is -2.17. The molecule has 16 heavy (non-hydrogen) atoms. The molecule has 2 aromatic heterocycles. The SMILES string of the molecule is CC(Cn1ncc2ncc(Cl)nc21)C(=O)O. The van der Waals surface area contributed by atoms with Gasteiger partial charge in [0.25, 0.3) is 0 Å². The van der Waals surface area contributed by atoms with Crippen LogP contribution >= 0.6 is 11.6 Å². The normalized spacial score (nSPS) is 12.9. The molecule has 0 aliphatic carbocycles. The van der Waals surface area contributed by atoms with E-state index < -0.39 is 11.9 Å². The fourth-order valence-electron chi connectivity index (χ4n) is 1.30. The van der Waals surface area contributed by atoms with Crippen LogP contribution < -0.4 is 0 Å². The molecule has 0 saturated carbocycles. The van der Waals surface area contributed by atoms with Gasteiger partial charge in [-0.25, -0.2) is 14.6 Å². The largest absolute Gasteiger partial charge is 0.481 e. The van der Waals surface area contributed by atoms with Gasteiger partial charge in [-0.2, -0.15) is 5.10 Å². The number of nitrogens with zero attached hydrogens (tertiary/aromatic N) is 4. The molecule has 84 valence electrons. The molecule has 1 unspecified atom stereocenters. The van der Waals surface area contributed by atoms with Gasteiger partial charge >= 0.3 is 5.97 Å². The summed E-state index contributed by atoms with van der Waals surface area (Å²) in [6.45, 7) is 1.85. The number of aromatic nitrogens is 4. The van der Waals surface area contributed by atoms with E-state index in [0.717, 1.165) is 0 Å². The van der Waals surface area contributed by atoms with Crippen LogP contribution in [0.15, 0.2) is 12.4 Å². The van der Waals surface area contributed by atoms with E-state index in [1.807, 2.05) is 0 Å². The number of fused-ring (bicyclic) bond motifs is 1. The third-order valence-corrected chi connectivity index (χ3v) is 2.37. The van der Waals surface area contributed by atoms with E-state index in [1.54, 1.807) is 6.92 Å². The van der Waals surface area contributed by atoms with Gasteiger partial charge in [-0.05, 0) is 0 Å². The summed E-state index contributed by atoms with van der Waals surface area (Å²) in [5.74, 6) is -1.41. The van der Waals surface area contributed by atoms with Gasteiger partial charge in [-0.15, -0.1) is 0 Å². The molecule has 0 aromatic carbocycles. The predicted molar refractivity (Wildman–Crippen MR) is 57.1 cm³/mol. The van der Waals surface area contributed by atoms with Gasteiger partial charge in [0.2, 0.25) is 0 Å². The quantitative estimate of drug-likeness (QED) is 0.872. The van der Waals surface area contributed by atoms with E-state index in [-0.39, 0.29) is 11.7 Å². The second kappa shape index (κ2) is 4.05. The van der Waals surface area contributed by atoms with Gasteiger partial charge in [-0.3, -0.25) is 4.79 Å². The van der Waals surface area contributed by atoms with Gasteiger partial charge in [0, 0.05) is 0 Å². The maximum atomic E-state index is 10.7. The molecule has 1 N–H and O–H groups in total. The number of carboxylic acid groups (broad SMARTS) is 1. The smallest absolute Gasteiger partial charge is 0.308 e. The maximum absolute atomic E-state index is 10.7. The molecule has 0 radical (unpaired) electrons. The van der Waals surface area contributed by atoms with E-state index in [1.165, 1.54) is 17.1 Å². The van der Waals surface area contributed by atoms with Crippen LogP contribution in [0.5, 0.6) is 0 Å². The zero-order chi connectivity index (χ0) is 11.7. The molecule has 0 saturated heterocycles. The third-order valence-electron chi connectivity index (χ3n) is 2.18. The molecule has 2 aromatic rings. The lowest BCUT2D eigenvalue weighted by Gasteiger charge is -2.06. The van der Waals surface area contributed by atoms with Crippen molar-refractivity contribution < 1.29 is 9.90 Å². The first-order valence-electron chi connectivity index (χ1n) is 4.65. The van der Waals surface area contributed by atoms with E-state index in [0.29, 0.717) is 11.2 Å². The van der Waals surface area contributed by atoms with Gasteiger partial charge in [0.1, 0.15) is 10.7 Å². The van der Waals surface area contributed by atoms with Crippen LogP contribution in [-0.4, -0.2) is 30.8 Å². The number of hydrogen-bond donors (Lipinski definition) is 1. The first-order chi connectivity index (χ1) is 7.58. The second-order valence-corrected chi connectivity index (χ2v) is 3.85. The summed E-state index contributed by atoms with van der Waals surface area (Å²) >= 11 is 5.72. The maximum Gasteiger partial charge on any atom is 0.308 e. The molecular weight excluding hydrogens is 232 g/mol. The Morgan fingerprint density at radius 2 is 2.38 bits per heavy atom. The number of rotatable bonds is 3. The lowest BCUT2D eigenvalue weighted by atomic mass is 10.2. The lowest BCUT2D eigenvalue weighted by molar-refractivity contribution is -0.141. The highest BCUT2D eigenvalue weighted by molar-refractivity contribution is 6.29. The van der Waals surface area contributed by atoms with Crippen LogP contribution in [0.4, 0.5) is 0 Å². The minimum absolute atomic E-state index is 0.244. The standard InChI is InChI=1S/C9H9ClN4O2/c1-5(9(15)16)4-14-8-6(2-12-14)11-3-7(10)13-8/h2-3,5H,4H2,1H3,(H,15,16). The van der Waals surface area contributed by atoms with Crippen molar-refractivity contribution in [3.05, 3.63) is 17.5 Å². The number of carbonyl (C=O) groups is 1. The average Bonchev–Trinajstić information content (AvgIpc) is 2.61. The summed E-state index contributed by atoms with van der Waals surface area (Å²) in [5, 5.41) is 13.1. The van der Waals surface area contributed by atoms with Crippen molar-refractivity contribution in [3.8, 4) is 0 Å². The highest BCUT2D eigenvalue weighted by atomic mass is 35.5. The molecule has 0 aliphatic heterocycles. The van der Waals surface area contributed by atoms with Crippen LogP contribution in [0.3, 0.4) is 0 Å². The number of carboxylic acids is 1. The Morgan fingerprint density at radius 1 is 1.62 bits per heavy atom. The number of aliphatic carboxylic acids is 1. The molecule has 1 atom stereocenters. The molecule has 0 bridgehead atoms. The average molecular weight is 241 g/mol. The van der Waals surface area contributed by atoms with Crippen molar-refractivity contribution in [2.24, 2.45) is 5.92 Å². The highest BCUT2D eigenvalue weighted by Crippen LogP contribution is 2.13. The molecule has 7 heteroatoms. The topological polar surface area (TPSA) is 80.9 Å². The van der Waals surface area contributed by atoms with Crippen molar-refractivity contribution in [2.75, 3.05) is 0 Å². The van der Waals surface area contributed by atoms with Crippen molar-refractivity contribution >= 4 is 28.7 Å². The molecule has 0 amide bonds. The summed E-state index contributed by atoms with van der Waals surface area (Å²) in [6, 6.07) is 0. The monoisotopic (exact) mass is 240 g/mol.